The summed E-state index contributed by atoms with van der Waals surface area (Å²) in [5, 5.41) is 6.70. The van der Waals surface area contributed by atoms with Gasteiger partial charge in [-0.15, -0.1) is 0 Å². The first-order valence-electron chi connectivity index (χ1n) is 2.06. The summed E-state index contributed by atoms with van der Waals surface area (Å²) in [5.74, 6) is 0. The van der Waals surface area contributed by atoms with Gasteiger partial charge in [0, 0.05) is 0 Å². The van der Waals surface area contributed by atoms with Crippen molar-refractivity contribution in [2.45, 2.75) is 0 Å². The summed E-state index contributed by atoms with van der Waals surface area (Å²) in [5.41, 5.74) is 0. The van der Waals surface area contributed by atoms with Gasteiger partial charge in [0.25, 0.3) is 0 Å². The van der Waals surface area contributed by atoms with Gasteiger partial charge in [-0.05, 0) is 0 Å². The van der Waals surface area contributed by atoms with Crippen molar-refractivity contribution in [3.8, 4) is 0 Å². The van der Waals surface area contributed by atoms with Gasteiger partial charge in [0.05, 0.1) is 0 Å². The molecule has 0 fully saturated rings. The Morgan fingerprint density at radius 3 is 2.14 bits per heavy atom. The fourth-order valence-electron chi connectivity index (χ4n) is 0.434. The molecule has 0 spiro atoms. The van der Waals surface area contributed by atoms with E-state index in [1.54, 1.807) is 4.48 Å². The van der Waals surface area contributed by atoms with Crippen molar-refractivity contribution in [2.24, 2.45) is 0 Å². The molecule has 0 atom stereocenters. The van der Waals surface area contributed by atoms with Crippen molar-refractivity contribution in [1.82, 2.24) is 4.48 Å². The van der Waals surface area contributed by atoms with Crippen LogP contribution in [-0.4, -0.2) is 11.7 Å². The Bertz CT molecular complexity index is 145. The molecule has 0 unspecified atom stereocenters. The molecule has 0 aliphatic carbocycles. The molecule has 1 rings (SSSR count). The van der Waals surface area contributed by atoms with Crippen LogP contribution < -0.4 is 0 Å². The maximum atomic E-state index is 6.70. The SMILES string of the molecule is N=Bn1cccc1. The minimum atomic E-state index is 1.25. The van der Waals surface area contributed by atoms with E-state index in [0.717, 1.165) is 0 Å². The number of aromatic nitrogens is 1. The van der Waals surface area contributed by atoms with Crippen LogP contribution in [0.5, 0.6) is 0 Å². The topological polar surface area (TPSA) is 28.8 Å². The molecule has 0 radical (unpaired) electrons. The fraction of sp³-hybridized carbons (Fsp3) is 0. The molecule has 0 amide bonds. The van der Waals surface area contributed by atoms with Crippen LogP contribution >= 0.6 is 0 Å². The van der Waals surface area contributed by atoms with E-state index in [2.05, 4.69) is 0 Å². The summed E-state index contributed by atoms with van der Waals surface area (Å²) >= 11 is 0. The van der Waals surface area contributed by atoms with Crippen LogP contribution in [-0.2, 0) is 0 Å². The van der Waals surface area contributed by atoms with Crippen LogP contribution in [0.25, 0.3) is 0 Å². The average molecular weight is 91.9 g/mol. The van der Waals surface area contributed by atoms with Crippen LogP contribution in [0.15, 0.2) is 24.5 Å². The van der Waals surface area contributed by atoms with E-state index >= 15 is 0 Å². The summed E-state index contributed by atoms with van der Waals surface area (Å²) in [6.45, 7) is 0. The standard InChI is InChI=1S/C4H5BN2/c6-5-7-3-1-2-4-7/h1-4,6H. The van der Waals surface area contributed by atoms with Gasteiger partial charge >= 0.3 is 41.5 Å². The van der Waals surface area contributed by atoms with Gasteiger partial charge in [0.2, 0.25) is 0 Å². The van der Waals surface area contributed by atoms with Gasteiger partial charge < -0.3 is 0 Å². The first-order chi connectivity index (χ1) is 3.43. The average Bonchev–Trinajstić information content (AvgIpc) is 2.14. The number of nitrogens with one attached hydrogen (secondary N) is 1. The van der Waals surface area contributed by atoms with Crippen molar-refractivity contribution < 1.29 is 0 Å². The zero-order chi connectivity index (χ0) is 5.11. The zero-order valence-corrected chi connectivity index (χ0v) is 3.83. The molecule has 1 N–H and O–H groups in total. The molecule has 34 valence electrons. The predicted octanol–water partition coefficient (Wildman–Crippen LogP) is 0.718. The van der Waals surface area contributed by atoms with E-state index in [9.17, 15) is 0 Å². The van der Waals surface area contributed by atoms with Crippen molar-refractivity contribution in [3.05, 3.63) is 24.5 Å². The molecule has 0 bridgehead atoms. The van der Waals surface area contributed by atoms with E-state index in [1.165, 1.54) is 7.21 Å². The van der Waals surface area contributed by atoms with Crippen LogP contribution in [0, 0.1) is 5.31 Å². The van der Waals surface area contributed by atoms with E-state index in [4.69, 9.17) is 5.31 Å². The Morgan fingerprint density at radius 1 is 1.29 bits per heavy atom. The number of hydrogen-bond donors (Lipinski definition) is 1. The first-order valence-corrected chi connectivity index (χ1v) is 2.06. The molecule has 7 heavy (non-hydrogen) atoms. The van der Waals surface area contributed by atoms with Crippen LogP contribution in [0.3, 0.4) is 0 Å². The first kappa shape index (κ1) is 4.31. The van der Waals surface area contributed by atoms with Gasteiger partial charge in [0.15, 0.2) is 0 Å². The van der Waals surface area contributed by atoms with E-state index in [1.807, 2.05) is 24.5 Å². The van der Waals surface area contributed by atoms with Gasteiger partial charge in [-0.3, -0.25) is 0 Å². The molecule has 2 nitrogen and oxygen atoms in total. The number of nitrogens with zero attached hydrogens (tertiary/aromatic N) is 1. The summed E-state index contributed by atoms with van der Waals surface area (Å²) in [4.78, 5) is 0. The summed E-state index contributed by atoms with van der Waals surface area (Å²) < 4.78 is 1.67. The Hall–Kier alpha value is -0.855. The third kappa shape index (κ3) is 0.767. The minimum absolute atomic E-state index is 1.25. The van der Waals surface area contributed by atoms with Crippen molar-refractivity contribution in [3.63, 3.8) is 0 Å². The molecule has 0 aliphatic rings. The van der Waals surface area contributed by atoms with E-state index in [-0.39, 0.29) is 0 Å². The summed E-state index contributed by atoms with van der Waals surface area (Å²) in [7, 11) is 1.25. The van der Waals surface area contributed by atoms with E-state index in [0.29, 0.717) is 0 Å². The molecule has 0 saturated heterocycles. The molecule has 1 aromatic heterocycles. The molecule has 1 aromatic rings. The fourth-order valence-corrected chi connectivity index (χ4v) is 0.434. The predicted molar refractivity (Wildman–Crippen MR) is 28.3 cm³/mol. The van der Waals surface area contributed by atoms with E-state index < -0.39 is 0 Å². The van der Waals surface area contributed by atoms with Gasteiger partial charge in [-0.1, -0.05) is 0 Å². The molecule has 0 aliphatic heterocycles. The molecular weight excluding hydrogens is 86.9 g/mol. The van der Waals surface area contributed by atoms with Gasteiger partial charge in [0.1, 0.15) is 0 Å². The van der Waals surface area contributed by atoms with Crippen LogP contribution in [0.4, 0.5) is 0 Å². The van der Waals surface area contributed by atoms with Crippen molar-refractivity contribution in [1.29, 1.82) is 5.31 Å². The monoisotopic (exact) mass is 92.1 g/mol. The second-order valence-corrected chi connectivity index (χ2v) is 1.26. The second kappa shape index (κ2) is 1.73. The Labute approximate surface area is 42.5 Å². The quantitative estimate of drug-likeness (QED) is 0.494. The van der Waals surface area contributed by atoms with Crippen molar-refractivity contribution in [2.75, 3.05) is 0 Å². The molecular formula is C4H5BN2. The zero-order valence-electron chi connectivity index (χ0n) is 3.83. The number of rotatable bonds is 1. The molecule has 0 saturated carbocycles. The summed E-state index contributed by atoms with van der Waals surface area (Å²) in [6.07, 6.45) is 3.62. The van der Waals surface area contributed by atoms with Crippen LogP contribution in [0.1, 0.15) is 0 Å². The number of hydrogen-bond acceptors (Lipinski definition) is 1. The normalized spacial score (nSPS) is 8.00. The summed E-state index contributed by atoms with van der Waals surface area (Å²) in [6, 6.07) is 3.76. The third-order valence-electron chi connectivity index (χ3n) is 0.777. The van der Waals surface area contributed by atoms with Crippen molar-refractivity contribution >= 4 is 7.21 Å². The van der Waals surface area contributed by atoms with Gasteiger partial charge in [-0.25, -0.2) is 0 Å². The van der Waals surface area contributed by atoms with Crippen LogP contribution in [0.2, 0.25) is 0 Å². The maximum absolute atomic E-state index is 6.70. The Kier molecular flexibility index (Phi) is 1.07. The molecule has 3 heteroatoms. The molecule has 1 heterocycles. The second-order valence-electron chi connectivity index (χ2n) is 1.26. The Balaban J connectivity index is 2.96. The molecule has 0 aromatic carbocycles. The third-order valence-corrected chi connectivity index (χ3v) is 0.777. The van der Waals surface area contributed by atoms with Gasteiger partial charge in [-0.2, -0.15) is 0 Å². The Morgan fingerprint density at radius 2 is 1.86 bits per heavy atom.